The SMILES string of the molecule is C[C@H](OC(=O)COc1ccc(Cl)cc1Cl)C(=O)NCc1ccco1. The molecule has 8 heteroatoms. The molecule has 0 radical (unpaired) electrons. The Morgan fingerprint density at radius 2 is 2.08 bits per heavy atom. The summed E-state index contributed by atoms with van der Waals surface area (Å²) in [5.41, 5.74) is 0. The van der Waals surface area contributed by atoms with Crippen LogP contribution in [0.15, 0.2) is 41.0 Å². The Hall–Kier alpha value is -2.18. The lowest BCUT2D eigenvalue weighted by Gasteiger charge is -2.13. The van der Waals surface area contributed by atoms with E-state index in [0.29, 0.717) is 16.5 Å². The van der Waals surface area contributed by atoms with Crippen LogP contribution < -0.4 is 10.1 Å². The zero-order valence-electron chi connectivity index (χ0n) is 12.8. The number of hydrogen-bond acceptors (Lipinski definition) is 5. The Labute approximate surface area is 148 Å². The van der Waals surface area contributed by atoms with Crippen molar-refractivity contribution in [1.82, 2.24) is 5.32 Å². The molecule has 1 atom stereocenters. The summed E-state index contributed by atoms with van der Waals surface area (Å²) in [5.74, 6) is -0.235. The Balaban J connectivity index is 1.75. The molecule has 2 aromatic rings. The second kappa shape index (κ2) is 8.61. The molecular formula is C16H15Cl2NO5. The first-order valence-corrected chi connectivity index (χ1v) is 7.78. The number of esters is 1. The average molecular weight is 372 g/mol. The number of benzene rings is 1. The molecular weight excluding hydrogens is 357 g/mol. The lowest BCUT2D eigenvalue weighted by molar-refractivity contribution is -0.156. The van der Waals surface area contributed by atoms with E-state index in [9.17, 15) is 9.59 Å². The van der Waals surface area contributed by atoms with Gasteiger partial charge in [0.25, 0.3) is 5.91 Å². The zero-order valence-corrected chi connectivity index (χ0v) is 14.3. The van der Waals surface area contributed by atoms with Crippen LogP contribution in [-0.2, 0) is 20.9 Å². The third kappa shape index (κ3) is 5.47. The van der Waals surface area contributed by atoms with Gasteiger partial charge in [-0.15, -0.1) is 0 Å². The second-order valence-corrected chi connectivity index (χ2v) is 5.64. The van der Waals surface area contributed by atoms with E-state index in [0.717, 1.165) is 0 Å². The van der Waals surface area contributed by atoms with Crippen LogP contribution in [0.2, 0.25) is 10.0 Å². The van der Waals surface area contributed by atoms with Crippen molar-refractivity contribution in [1.29, 1.82) is 0 Å². The van der Waals surface area contributed by atoms with E-state index in [1.165, 1.54) is 25.3 Å². The molecule has 1 aromatic carbocycles. The maximum absolute atomic E-state index is 11.8. The highest BCUT2D eigenvalue weighted by Gasteiger charge is 2.18. The molecule has 0 fully saturated rings. The fourth-order valence-electron chi connectivity index (χ4n) is 1.74. The lowest BCUT2D eigenvalue weighted by atomic mass is 10.3. The number of carbonyl (C=O) groups is 2. The Morgan fingerprint density at radius 1 is 1.29 bits per heavy atom. The van der Waals surface area contributed by atoms with Gasteiger partial charge in [0, 0.05) is 5.02 Å². The van der Waals surface area contributed by atoms with Gasteiger partial charge in [-0.3, -0.25) is 4.79 Å². The minimum absolute atomic E-state index is 0.213. The number of hydrogen-bond donors (Lipinski definition) is 1. The molecule has 6 nitrogen and oxygen atoms in total. The van der Waals surface area contributed by atoms with Crippen molar-refractivity contribution in [2.45, 2.75) is 19.6 Å². The summed E-state index contributed by atoms with van der Waals surface area (Å²) >= 11 is 11.7. The van der Waals surface area contributed by atoms with Gasteiger partial charge >= 0.3 is 5.97 Å². The molecule has 0 aliphatic rings. The van der Waals surface area contributed by atoms with Gasteiger partial charge in [0.1, 0.15) is 11.5 Å². The number of amides is 1. The van der Waals surface area contributed by atoms with Crippen molar-refractivity contribution in [3.63, 3.8) is 0 Å². The first-order chi connectivity index (χ1) is 11.5. The number of nitrogens with one attached hydrogen (secondary N) is 1. The summed E-state index contributed by atoms with van der Waals surface area (Å²) in [5, 5.41) is 3.33. The van der Waals surface area contributed by atoms with Gasteiger partial charge < -0.3 is 19.2 Å². The molecule has 24 heavy (non-hydrogen) atoms. The molecule has 0 spiro atoms. The van der Waals surface area contributed by atoms with Gasteiger partial charge in [0.15, 0.2) is 12.7 Å². The highest BCUT2D eigenvalue weighted by Crippen LogP contribution is 2.27. The molecule has 128 valence electrons. The minimum Gasteiger partial charge on any atom is -0.480 e. The number of halogens is 2. The standard InChI is InChI=1S/C16H15Cl2NO5/c1-10(16(21)19-8-12-3-2-6-22-12)24-15(20)9-23-14-5-4-11(17)7-13(14)18/h2-7,10H,8-9H2,1H3,(H,19,21)/t10-/m0/s1. The Kier molecular flexibility index (Phi) is 6.52. The minimum atomic E-state index is -0.961. The summed E-state index contributed by atoms with van der Waals surface area (Å²) in [6.45, 7) is 1.30. The zero-order chi connectivity index (χ0) is 17.5. The molecule has 2 rings (SSSR count). The van der Waals surface area contributed by atoms with Gasteiger partial charge in [-0.2, -0.15) is 0 Å². The van der Waals surface area contributed by atoms with Gasteiger partial charge in [0.05, 0.1) is 17.8 Å². The molecule has 0 bridgehead atoms. The number of carbonyl (C=O) groups excluding carboxylic acids is 2. The van der Waals surface area contributed by atoms with Crippen LogP contribution in [0.4, 0.5) is 0 Å². The van der Waals surface area contributed by atoms with Crippen molar-refractivity contribution < 1.29 is 23.5 Å². The quantitative estimate of drug-likeness (QED) is 0.756. The van der Waals surface area contributed by atoms with Crippen molar-refractivity contribution in [3.8, 4) is 5.75 Å². The van der Waals surface area contributed by atoms with E-state index in [1.807, 2.05) is 0 Å². The molecule has 0 aliphatic heterocycles. The van der Waals surface area contributed by atoms with Gasteiger partial charge in [-0.1, -0.05) is 23.2 Å². The molecule has 0 saturated carbocycles. The summed E-state index contributed by atoms with van der Waals surface area (Å²) < 4.78 is 15.3. The smallest absolute Gasteiger partial charge is 0.344 e. The monoisotopic (exact) mass is 371 g/mol. The molecule has 0 unspecified atom stereocenters. The van der Waals surface area contributed by atoms with Gasteiger partial charge in [-0.25, -0.2) is 4.79 Å². The summed E-state index contributed by atoms with van der Waals surface area (Å²) in [7, 11) is 0. The van der Waals surface area contributed by atoms with Gasteiger partial charge in [0.2, 0.25) is 0 Å². The maximum atomic E-state index is 11.8. The van der Waals surface area contributed by atoms with E-state index >= 15 is 0 Å². The molecule has 1 amide bonds. The van der Waals surface area contributed by atoms with Gasteiger partial charge in [-0.05, 0) is 37.3 Å². The van der Waals surface area contributed by atoms with Crippen LogP contribution in [-0.4, -0.2) is 24.6 Å². The van der Waals surface area contributed by atoms with Crippen LogP contribution in [0.1, 0.15) is 12.7 Å². The number of ether oxygens (including phenoxy) is 2. The Morgan fingerprint density at radius 3 is 2.75 bits per heavy atom. The van der Waals surface area contributed by atoms with Crippen LogP contribution in [0.3, 0.4) is 0 Å². The van der Waals surface area contributed by atoms with Crippen molar-refractivity contribution in [2.75, 3.05) is 6.61 Å². The Bertz CT molecular complexity index is 702. The number of rotatable bonds is 7. The molecule has 1 heterocycles. The average Bonchev–Trinajstić information content (AvgIpc) is 3.05. The normalized spacial score (nSPS) is 11.6. The largest absolute Gasteiger partial charge is 0.480 e. The summed E-state index contributed by atoms with van der Waals surface area (Å²) in [6.07, 6.45) is 0.543. The van der Waals surface area contributed by atoms with Crippen LogP contribution in [0.5, 0.6) is 5.75 Å². The highest BCUT2D eigenvalue weighted by molar-refractivity contribution is 6.35. The fourth-order valence-corrected chi connectivity index (χ4v) is 2.21. The molecule has 0 aliphatic carbocycles. The predicted octanol–water partition coefficient (Wildman–Crippen LogP) is 3.21. The third-order valence-electron chi connectivity index (χ3n) is 2.93. The van der Waals surface area contributed by atoms with E-state index < -0.39 is 18.0 Å². The molecule has 1 N–H and O–H groups in total. The van der Waals surface area contributed by atoms with Crippen LogP contribution >= 0.6 is 23.2 Å². The first kappa shape index (κ1) is 18.2. The summed E-state index contributed by atoms with van der Waals surface area (Å²) in [4.78, 5) is 23.6. The molecule has 0 saturated heterocycles. The van der Waals surface area contributed by atoms with E-state index in [4.69, 9.17) is 37.1 Å². The van der Waals surface area contributed by atoms with E-state index in [2.05, 4.69) is 5.32 Å². The predicted molar refractivity (Wildman–Crippen MR) is 88.1 cm³/mol. The molecule has 1 aromatic heterocycles. The second-order valence-electron chi connectivity index (χ2n) is 4.79. The number of furan rings is 1. The highest BCUT2D eigenvalue weighted by atomic mass is 35.5. The third-order valence-corrected chi connectivity index (χ3v) is 3.46. The van der Waals surface area contributed by atoms with E-state index in [-0.39, 0.29) is 18.2 Å². The lowest BCUT2D eigenvalue weighted by Crippen LogP contribution is -2.36. The van der Waals surface area contributed by atoms with Crippen LogP contribution in [0.25, 0.3) is 0 Å². The topological polar surface area (TPSA) is 77.8 Å². The van der Waals surface area contributed by atoms with Crippen LogP contribution in [0, 0.1) is 0 Å². The van der Waals surface area contributed by atoms with Crippen molar-refractivity contribution >= 4 is 35.1 Å². The first-order valence-electron chi connectivity index (χ1n) is 7.03. The fraction of sp³-hybridized carbons (Fsp3) is 0.250. The van der Waals surface area contributed by atoms with Crippen molar-refractivity contribution in [3.05, 3.63) is 52.4 Å². The van der Waals surface area contributed by atoms with E-state index in [1.54, 1.807) is 18.2 Å². The summed E-state index contributed by atoms with van der Waals surface area (Å²) in [6, 6.07) is 8.05. The van der Waals surface area contributed by atoms with Crippen molar-refractivity contribution in [2.24, 2.45) is 0 Å². The maximum Gasteiger partial charge on any atom is 0.344 e.